The lowest BCUT2D eigenvalue weighted by molar-refractivity contribution is 0.0697. The van der Waals surface area contributed by atoms with Gasteiger partial charge >= 0.3 is 5.97 Å². The molecule has 0 fully saturated rings. The zero-order valence-corrected chi connectivity index (χ0v) is 12.8. The quantitative estimate of drug-likeness (QED) is 0.639. The van der Waals surface area contributed by atoms with Crippen LogP contribution in [0, 0.1) is 0 Å². The zero-order chi connectivity index (χ0) is 15.2. The van der Waals surface area contributed by atoms with E-state index in [0.29, 0.717) is 5.69 Å². The first-order valence-corrected chi connectivity index (χ1v) is 6.85. The molecule has 0 saturated carbocycles. The average molecular weight is 349 g/mol. The second kappa shape index (κ2) is 6.90. The van der Waals surface area contributed by atoms with Crippen LogP contribution < -0.4 is 10.2 Å². The van der Waals surface area contributed by atoms with E-state index < -0.39 is 5.97 Å². The van der Waals surface area contributed by atoms with E-state index in [0.717, 1.165) is 15.8 Å². The molecule has 5 nitrogen and oxygen atoms in total. The molecule has 21 heavy (non-hydrogen) atoms. The Hall–Kier alpha value is -2.34. The zero-order valence-electron chi connectivity index (χ0n) is 11.2. The lowest BCUT2D eigenvalue weighted by Crippen LogP contribution is -1.96. The van der Waals surface area contributed by atoms with E-state index in [1.807, 2.05) is 18.2 Å². The van der Waals surface area contributed by atoms with Gasteiger partial charge in [0.1, 0.15) is 5.75 Å². The van der Waals surface area contributed by atoms with Crippen LogP contribution in [0.3, 0.4) is 0 Å². The Morgan fingerprint density at radius 1 is 1.29 bits per heavy atom. The summed E-state index contributed by atoms with van der Waals surface area (Å²) in [4.78, 5) is 10.7. The normalized spacial score (nSPS) is 10.6. The van der Waals surface area contributed by atoms with Gasteiger partial charge in [0, 0.05) is 0 Å². The monoisotopic (exact) mass is 348 g/mol. The van der Waals surface area contributed by atoms with Gasteiger partial charge in [0.05, 0.1) is 29.0 Å². The second-order valence-electron chi connectivity index (χ2n) is 4.15. The number of carboxylic acids is 1. The van der Waals surface area contributed by atoms with E-state index in [4.69, 9.17) is 9.84 Å². The summed E-state index contributed by atoms with van der Waals surface area (Å²) < 4.78 is 6.00. The van der Waals surface area contributed by atoms with E-state index in [-0.39, 0.29) is 5.56 Å². The van der Waals surface area contributed by atoms with Crippen LogP contribution in [-0.4, -0.2) is 24.4 Å². The van der Waals surface area contributed by atoms with Crippen molar-refractivity contribution in [3.8, 4) is 5.75 Å². The van der Waals surface area contributed by atoms with Gasteiger partial charge < -0.3 is 9.84 Å². The van der Waals surface area contributed by atoms with Gasteiger partial charge in [-0.3, -0.25) is 5.43 Å². The van der Waals surface area contributed by atoms with Gasteiger partial charge in [0.25, 0.3) is 0 Å². The number of nitrogens with one attached hydrogen (secondary N) is 1. The molecule has 2 aromatic carbocycles. The molecule has 0 aliphatic rings. The van der Waals surface area contributed by atoms with Crippen LogP contribution in [0.2, 0.25) is 0 Å². The third-order valence-electron chi connectivity index (χ3n) is 2.71. The molecule has 2 aromatic rings. The number of halogens is 1. The van der Waals surface area contributed by atoms with Gasteiger partial charge in [-0.15, -0.1) is 0 Å². The molecular weight excluding hydrogens is 336 g/mol. The Bertz CT molecular complexity index is 669. The Morgan fingerprint density at radius 3 is 2.57 bits per heavy atom. The summed E-state index contributed by atoms with van der Waals surface area (Å²) in [6, 6.07) is 12.0. The molecule has 0 aliphatic heterocycles. The van der Waals surface area contributed by atoms with Crippen LogP contribution in [0.5, 0.6) is 5.75 Å². The van der Waals surface area contributed by atoms with Crippen LogP contribution in [0.1, 0.15) is 15.9 Å². The van der Waals surface area contributed by atoms with Crippen molar-refractivity contribution in [1.82, 2.24) is 0 Å². The van der Waals surface area contributed by atoms with E-state index in [2.05, 4.69) is 26.5 Å². The van der Waals surface area contributed by atoms with E-state index in [1.54, 1.807) is 25.5 Å². The average Bonchev–Trinajstić information content (AvgIpc) is 2.48. The fourth-order valence-electron chi connectivity index (χ4n) is 1.63. The number of carboxylic acid groups (broad SMARTS) is 1. The van der Waals surface area contributed by atoms with Crippen molar-refractivity contribution in [2.24, 2.45) is 5.10 Å². The summed E-state index contributed by atoms with van der Waals surface area (Å²) in [7, 11) is 1.61. The number of hydrogen-bond acceptors (Lipinski definition) is 4. The maximum atomic E-state index is 10.7. The lowest BCUT2D eigenvalue weighted by Gasteiger charge is -2.03. The maximum Gasteiger partial charge on any atom is 0.335 e. The van der Waals surface area contributed by atoms with E-state index in [9.17, 15) is 4.79 Å². The van der Waals surface area contributed by atoms with Crippen LogP contribution in [0.15, 0.2) is 52.0 Å². The first-order valence-electron chi connectivity index (χ1n) is 6.06. The minimum Gasteiger partial charge on any atom is -0.496 e. The number of carbonyl (C=O) groups is 1. The number of hydrazone groups is 1. The number of hydrogen-bond donors (Lipinski definition) is 2. The highest BCUT2D eigenvalue weighted by atomic mass is 79.9. The summed E-state index contributed by atoms with van der Waals surface area (Å²) in [5.74, 6) is -0.197. The molecule has 0 amide bonds. The molecule has 0 aromatic heterocycles. The smallest absolute Gasteiger partial charge is 0.335 e. The van der Waals surface area contributed by atoms with Crippen molar-refractivity contribution in [3.05, 3.63) is 58.1 Å². The van der Waals surface area contributed by atoms with Gasteiger partial charge in [-0.05, 0) is 64.0 Å². The van der Waals surface area contributed by atoms with Gasteiger partial charge in [0.2, 0.25) is 0 Å². The lowest BCUT2D eigenvalue weighted by atomic mass is 10.2. The summed E-state index contributed by atoms with van der Waals surface area (Å²) in [5, 5.41) is 12.9. The van der Waals surface area contributed by atoms with Crippen LogP contribution in [0.25, 0.3) is 0 Å². The molecule has 0 spiro atoms. The molecule has 2 N–H and O–H groups in total. The second-order valence-corrected chi connectivity index (χ2v) is 5.00. The Kier molecular flexibility index (Phi) is 4.94. The van der Waals surface area contributed by atoms with Crippen molar-refractivity contribution in [1.29, 1.82) is 0 Å². The number of nitrogens with zero attached hydrogens (tertiary/aromatic N) is 1. The molecule has 0 aliphatic carbocycles. The third kappa shape index (κ3) is 4.06. The Labute approximate surface area is 130 Å². The van der Waals surface area contributed by atoms with Crippen molar-refractivity contribution in [3.63, 3.8) is 0 Å². The molecule has 0 saturated heterocycles. The van der Waals surface area contributed by atoms with E-state index in [1.165, 1.54) is 12.1 Å². The van der Waals surface area contributed by atoms with Crippen molar-refractivity contribution in [2.75, 3.05) is 12.5 Å². The molecule has 0 unspecified atom stereocenters. The number of ether oxygens (including phenoxy) is 1. The first-order chi connectivity index (χ1) is 10.1. The van der Waals surface area contributed by atoms with Crippen LogP contribution in [-0.2, 0) is 0 Å². The summed E-state index contributed by atoms with van der Waals surface area (Å²) >= 11 is 3.40. The summed E-state index contributed by atoms with van der Waals surface area (Å²) in [6.07, 6.45) is 1.66. The fourth-order valence-corrected chi connectivity index (χ4v) is 2.19. The van der Waals surface area contributed by atoms with Crippen molar-refractivity contribution in [2.45, 2.75) is 0 Å². The molecule has 0 atom stereocenters. The minimum atomic E-state index is -0.951. The molecule has 6 heteroatoms. The van der Waals surface area contributed by atoms with Crippen molar-refractivity contribution >= 4 is 33.8 Å². The topological polar surface area (TPSA) is 70.9 Å². The predicted molar refractivity (Wildman–Crippen MR) is 85.3 cm³/mol. The molecule has 0 radical (unpaired) electrons. The Morgan fingerprint density at radius 2 is 2.00 bits per heavy atom. The summed E-state index contributed by atoms with van der Waals surface area (Å²) in [6.45, 7) is 0. The molecule has 2 rings (SSSR count). The number of methoxy groups -OCH3 is 1. The highest BCUT2D eigenvalue weighted by Gasteiger charge is 2.01. The number of anilines is 1. The number of aromatic carboxylic acids is 1. The summed E-state index contributed by atoms with van der Waals surface area (Å²) in [5.41, 5.74) is 4.69. The third-order valence-corrected chi connectivity index (χ3v) is 3.33. The SMILES string of the molecule is COc1ccc(C=NNc2ccc(C(=O)O)cc2)cc1Br. The molecular formula is C15H13BrN2O3. The maximum absolute atomic E-state index is 10.7. The molecule has 0 heterocycles. The largest absolute Gasteiger partial charge is 0.496 e. The number of benzene rings is 2. The molecule has 108 valence electrons. The van der Waals surface area contributed by atoms with Crippen LogP contribution >= 0.6 is 15.9 Å². The molecule has 0 bridgehead atoms. The van der Waals surface area contributed by atoms with Gasteiger partial charge in [-0.1, -0.05) is 0 Å². The van der Waals surface area contributed by atoms with Gasteiger partial charge in [0.15, 0.2) is 0 Å². The fraction of sp³-hybridized carbons (Fsp3) is 0.0667. The number of rotatable bonds is 5. The standard InChI is InChI=1S/C15H13BrN2O3/c1-21-14-7-2-10(8-13(14)16)9-17-18-12-5-3-11(4-6-12)15(19)20/h2-9,18H,1H3,(H,19,20). The minimum absolute atomic E-state index is 0.239. The van der Waals surface area contributed by atoms with Crippen LogP contribution in [0.4, 0.5) is 5.69 Å². The van der Waals surface area contributed by atoms with Gasteiger partial charge in [-0.25, -0.2) is 4.79 Å². The predicted octanol–water partition coefficient (Wildman–Crippen LogP) is 3.60. The van der Waals surface area contributed by atoms with Gasteiger partial charge in [-0.2, -0.15) is 5.10 Å². The first kappa shape index (κ1) is 15.1. The van der Waals surface area contributed by atoms with Crippen molar-refractivity contribution < 1.29 is 14.6 Å². The Balaban J connectivity index is 2.01. The highest BCUT2D eigenvalue weighted by molar-refractivity contribution is 9.10. The van der Waals surface area contributed by atoms with E-state index >= 15 is 0 Å². The highest BCUT2D eigenvalue weighted by Crippen LogP contribution is 2.24.